The Morgan fingerprint density at radius 3 is 2.79 bits per heavy atom. The molecule has 3 rings (SSSR count). The topological polar surface area (TPSA) is 0 Å². The van der Waals surface area contributed by atoms with Crippen LogP contribution in [0.15, 0.2) is 30.3 Å². The molecule has 0 spiro atoms. The van der Waals surface area contributed by atoms with Gasteiger partial charge < -0.3 is 0 Å². The molecule has 0 saturated heterocycles. The number of hydrogen-bond acceptors (Lipinski definition) is 0. The molecule has 0 N–H and O–H groups in total. The normalized spacial score (nSPS) is 13.8. The Balaban J connectivity index is 2.41. The lowest BCUT2D eigenvalue weighted by Crippen LogP contribution is -1.85. The fourth-order valence-electron chi connectivity index (χ4n) is 2.55. The Kier molecular flexibility index (Phi) is 1.63. The van der Waals surface area contributed by atoms with Crippen molar-refractivity contribution in [3.05, 3.63) is 47.0 Å². The molecular formula is C14H14. The number of aryl methyl sites for hydroxylation is 3. The average Bonchev–Trinajstić information content (AvgIpc) is 2.64. The van der Waals surface area contributed by atoms with Crippen LogP contribution in [-0.4, -0.2) is 0 Å². The Bertz CT molecular complexity index is 495. The molecule has 0 aliphatic heterocycles. The second-order valence-corrected chi connectivity index (χ2v) is 4.12. The zero-order valence-corrected chi connectivity index (χ0v) is 8.51. The van der Waals surface area contributed by atoms with E-state index in [1.165, 1.54) is 29.2 Å². The smallest absolute Gasteiger partial charge is 0.0119 e. The van der Waals surface area contributed by atoms with E-state index < -0.39 is 0 Å². The van der Waals surface area contributed by atoms with Gasteiger partial charge in [0.2, 0.25) is 0 Å². The van der Waals surface area contributed by atoms with Crippen molar-refractivity contribution >= 4 is 10.8 Å². The highest BCUT2D eigenvalue weighted by atomic mass is 14.2. The molecule has 0 fully saturated rings. The molecule has 1 aliphatic rings. The van der Waals surface area contributed by atoms with Crippen LogP contribution in [0.2, 0.25) is 0 Å². The van der Waals surface area contributed by atoms with Gasteiger partial charge in [0.15, 0.2) is 0 Å². The predicted molar refractivity (Wildman–Crippen MR) is 60.7 cm³/mol. The number of rotatable bonds is 1. The van der Waals surface area contributed by atoms with Crippen molar-refractivity contribution < 1.29 is 0 Å². The highest BCUT2D eigenvalue weighted by molar-refractivity contribution is 5.91. The largest absolute Gasteiger partial charge is 0.0614 e. The zero-order valence-electron chi connectivity index (χ0n) is 8.51. The molecule has 0 unspecified atom stereocenters. The second-order valence-electron chi connectivity index (χ2n) is 4.12. The fourth-order valence-corrected chi connectivity index (χ4v) is 2.55. The summed E-state index contributed by atoms with van der Waals surface area (Å²) in [7, 11) is 0. The third kappa shape index (κ3) is 1.00. The molecule has 14 heavy (non-hydrogen) atoms. The van der Waals surface area contributed by atoms with Crippen molar-refractivity contribution in [1.29, 1.82) is 0 Å². The molecule has 0 atom stereocenters. The first-order chi connectivity index (χ1) is 6.88. The van der Waals surface area contributed by atoms with Gasteiger partial charge in [-0.1, -0.05) is 37.3 Å². The summed E-state index contributed by atoms with van der Waals surface area (Å²) in [5.41, 5.74) is 4.58. The van der Waals surface area contributed by atoms with E-state index in [1.54, 1.807) is 11.1 Å². The lowest BCUT2D eigenvalue weighted by Gasteiger charge is -2.04. The van der Waals surface area contributed by atoms with E-state index in [9.17, 15) is 0 Å². The molecule has 0 bridgehead atoms. The molecule has 0 radical (unpaired) electrons. The SMILES string of the molecule is CCc1cc2c3c(cccc3c1)CC2. The Labute approximate surface area is 84.6 Å². The van der Waals surface area contributed by atoms with E-state index in [-0.39, 0.29) is 0 Å². The van der Waals surface area contributed by atoms with Gasteiger partial charge in [-0.05, 0) is 46.7 Å². The van der Waals surface area contributed by atoms with E-state index in [1.807, 2.05) is 0 Å². The van der Waals surface area contributed by atoms with Crippen LogP contribution >= 0.6 is 0 Å². The van der Waals surface area contributed by atoms with Crippen LogP contribution in [0.25, 0.3) is 10.8 Å². The summed E-state index contributed by atoms with van der Waals surface area (Å²) >= 11 is 0. The monoisotopic (exact) mass is 182 g/mol. The van der Waals surface area contributed by atoms with Crippen LogP contribution in [0.5, 0.6) is 0 Å². The van der Waals surface area contributed by atoms with Crippen LogP contribution in [0, 0.1) is 0 Å². The number of hydrogen-bond donors (Lipinski definition) is 0. The van der Waals surface area contributed by atoms with Crippen molar-refractivity contribution in [1.82, 2.24) is 0 Å². The van der Waals surface area contributed by atoms with Gasteiger partial charge in [0, 0.05) is 0 Å². The highest BCUT2D eigenvalue weighted by Crippen LogP contribution is 2.31. The van der Waals surface area contributed by atoms with Gasteiger partial charge in [0.05, 0.1) is 0 Å². The average molecular weight is 182 g/mol. The summed E-state index contributed by atoms with van der Waals surface area (Å²) in [5, 5.41) is 2.97. The van der Waals surface area contributed by atoms with Gasteiger partial charge in [-0.15, -0.1) is 0 Å². The Morgan fingerprint density at radius 1 is 1.07 bits per heavy atom. The molecule has 1 aliphatic carbocycles. The molecule has 0 amide bonds. The van der Waals surface area contributed by atoms with Crippen LogP contribution in [0.3, 0.4) is 0 Å². The maximum atomic E-state index is 2.39. The number of benzene rings is 2. The summed E-state index contributed by atoms with van der Waals surface area (Å²) in [6.07, 6.45) is 3.62. The van der Waals surface area contributed by atoms with E-state index in [2.05, 4.69) is 37.3 Å². The molecule has 0 heterocycles. The maximum absolute atomic E-state index is 2.39. The quantitative estimate of drug-likeness (QED) is 0.633. The molecule has 0 heteroatoms. The molecule has 0 saturated carbocycles. The minimum atomic E-state index is 1.15. The van der Waals surface area contributed by atoms with E-state index in [0.29, 0.717) is 0 Å². The molecule has 0 aromatic heterocycles. The van der Waals surface area contributed by atoms with E-state index >= 15 is 0 Å². The lowest BCUT2D eigenvalue weighted by atomic mass is 10.0. The Hall–Kier alpha value is -1.30. The minimum Gasteiger partial charge on any atom is -0.0614 e. The summed E-state index contributed by atoms with van der Waals surface area (Å²) in [4.78, 5) is 0. The first-order valence-corrected chi connectivity index (χ1v) is 5.42. The van der Waals surface area contributed by atoms with Gasteiger partial charge in [-0.3, -0.25) is 0 Å². The summed E-state index contributed by atoms with van der Waals surface area (Å²) in [6.45, 7) is 2.23. The van der Waals surface area contributed by atoms with Crippen LogP contribution < -0.4 is 0 Å². The molecule has 0 nitrogen and oxygen atoms in total. The van der Waals surface area contributed by atoms with Crippen molar-refractivity contribution in [3.63, 3.8) is 0 Å². The molecular weight excluding hydrogens is 168 g/mol. The van der Waals surface area contributed by atoms with Crippen molar-refractivity contribution in [2.24, 2.45) is 0 Å². The van der Waals surface area contributed by atoms with Gasteiger partial charge in [0.1, 0.15) is 0 Å². The first-order valence-electron chi connectivity index (χ1n) is 5.42. The maximum Gasteiger partial charge on any atom is -0.0119 e. The predicted octanol–water partition coefficient (Wildman–Crippen LogP) is 3.50. The second kappa shape index (κ2) is 2.84. The summed E-state index contributed by atoms with van der Waals surface area (Å²) in [5.74, 6) is 0. The van der Waals surface area contributed by atoms with Gasteiger partial charge >= 0.3 is 0 Å². The first kappa shape index (κ1) is 8.05. The molecule has 70 valence electrons. The summed E-state index contributed by atoms with van der Waals surface area (Å²) < 4.78 is 0. The molecule has 2 aromatic carbocycles. The van der Waals surface area contributed by atoms with Crippen molar-refractivity contribution in [3.8, 4) is 0 Å². The summed E-state index contributed by atoms with van der Waals surface area (Å²) in [6, 6.07) is 11.4. The van der Waals surface area contributed by atoms with E-state index in [0.717, 1.165) is 6.42 Å². The van der Waals surface area contributed by atoms with Gasteiger partial charge in [-0.25, -0.2) is 0 Å². The third-order valence-corrected chi connectivity index (χ3v) is 3.28. The Morgan fingerprint density at radius 2 is 1.93 bits per heavy atom. The van der Waals surface area contributed by atoms with E-state index in [4.69, 9.17) is 0 Å². The highest BCUT2D eigenvalue weighted by Gasteiger charge is 2.13. The molecule has 2 aromatic rings. The van der Waals surface area contributed by atoms with Crippen molar-refractivity contribution in [2.75, 3.05) is 0 Å². The zero-order chi connectivity index (χ0) is 9.54. The van der Waals surface area contributed by atoms with Crippen LogP contribution in [0.1, 0.15) is 23.6 Å². The van der Waals surface area contributed by atoms with Crippen molar-refractivity contribution in [2.45, 2.75) is 26.2 Å². The standard InChI is InChI=1S/C14H14/c1-2-10-8-12-5-3-4-11-6-7-13(9-10)14(11)12/h3-5,8-9H,2,6-7H2,1H3. The fraction of sp³-hybridized carbons (Fsp3) is 0.286. The van der Waals surface area contributed by atoms with Crippen LogP contribution in [0.4, 0.5) is 0 Å². The van der Waals surface area contributed by atoms with Gasteiger partial charge in [0.25, 0.3) is 0 Å². The lowest BCUT2D eigenvalue weighted by molar-refractivity contribution is 1.02. The van der Waals surface area contributed by atoms with Crippen LogP contribution in [-0.2, 0) is 19.3 Å². The van der Waals surface area contributed by atoms with Gasteiger partial charge in [-0.2, -0.15) is 0 Å². The third-order valence-electron chi connectivity index (χ3n) is 3.28. The minimum absolute atomic E-state index is 1.15.